The quantitative estimate of drug-likeness (QED) is 0.634. The number of nitrogens with one attached hydrogen (secondary N) is 2. The molecule has 0 unspecified atom stereocenters. The Morgan fingerprint density at radius 2 is 2.18 bits per heavy atom. The van der Waals surface area contributed by atoms with E-state index in [1.165, 1.54) is 12.8 Å². The van der Waals surface area contributed by atoms with Crippen LogP contribution in [-0.4, -0.2) is 18.6 Å². The van der Waals surface area contributed by atoms with Gasteiger partial charge in [0.25, 0.3) is 0 Å². The minimum Gasteiger partial charge on any atom is -0.338 e. The second-order valence-electron chi connectivity index (χ2n) is 2.99. The molecule has 11 heavy (non-hydrogen) atoms. The van der Waals surface area contributed by atoms with Gasteiger partial charge in [-0.2, -0.15) is 0 Å². The average molecular weight is 160 g/mol. The highest BCUT2D eigenvalue weighted by Crippen LogP contribution is 2.17. The minimum absolute atomic E-state index is 0. The Morgan fingerprint density at radius 1 is 1.55 bits per heavy atom. The molecule has 3 heteroatoms. The topological polar surface area (TPSA) is 41.1 Å². The first-order valence-electron chi connectivity index (χ1n) is 4.37. The molecule has 0 bridgehead atoms. The van der Waals surface area contributed by atoms with Crippen molar-refractivity contribution in [2.24, 2.45) is 0 Å². The molecule has 0 radical (unpaired) electrons. The van der Waals surface area contributed by atoms with Crippen molar-refractivity contribution < 1.29 is 7.65 Å². The van der Waals surface area contributed by atoms with Crippen molar-refractivity contribution in [3.05, 3.63) is 0 Å². The summed E-state index contributed by atoms with van der Waals surface area (Å²) >= 11 is 0. The molecule has 0 aromatic carbocycles. The Kier molecular flexibility index (Phi) is 3.20. The van der Waals surface area contributed by atoms with E-state index in [2.05, 4.69) is 10.6 Å². The molecule has 0 aromatic heterocycles. The van der Waals surface area contributed by atoms with E-state index in [4.69, 9.17) is 0 Å². The summed E-state index contributed by atoms with van der Waals surface area (Å²) in [4.78, 5) is 11.0. The van der Waals surface area contributed by atoms with E-state index in [0.717, 1.165) is 12.8 Å². The van der Waals surface area contributed by atoms with Gasteiger partial charge in [-0.05, 0) is 19.8 Å². The Labute approximate surface area is 70.5 Å². The summed E-state index contributed by atoms with van der Waals surface area (Å²) in [5.74, 6) is 0. The Morgan fingerprint density at radius 3 is 2.73 bits per heavy atom. The number of carbonyl (C=O) groups excluding carboxylic acids is 1. The van der Waals surface area contributed by atoms with Crippen LogP contribution in [-0.2, 0) is 0 Å². The number of amides is 2. The third-order valence-electron chi connectivity index (χ3n) is 2.03. The largest absolute Gasteiger partial charge is 0.338 e. The summed E-state index contributed by atoms with van der Waals surface area (Å²) in [5.41, 5.74) is 0. The van der Waals surface area contributed by atoms with Gasteiger partial charge in [0.05, 0.1) is 0 Å². The summed E-state index contributed by atoms with van der Waals surface area (Å²) < 4.78 is 0. The highest BCUT2D eigenvalue weighted by atomic mass is 16.2. The summed E-state index contributed by atoms with van der Waals surface area (Å²) in [6, 6.07) is 0.418. The van der Waals surface area contributed by atoms with E-state index in [0.29, 0.717) is 12.6 Å². The SMILES string of the molecule is CCNC(=O)NC1CCCC1.[HH].[HH]. The van der Waals surface area contributed by atoms with E-state index < -0.39 is 0 Å². The second kappa shape index (κ2) is 4.21. The van der Waals surface area contributed by atoms with Gasteiger partial charge in [0.1, 0.15) is 0 Å². The molecule has 1 saturated carbocycles. The van der Waals surface area contributed by atoms with Gasteiger partial charge in [0, 0.05) is 15.4 Å². The number of rotatable bonds is 2. The smallest absolute Gasteiger partial charge is 0.314 e. The molecule has 0 aromatic rings. The van der Waals surface area contributed by atoms with Gasteiger partial charge in [0.2, 0.25) is 0 Å². The minimum atomic E-state index is -0.0144. The number of urea groups is 1. The third-order valence-corrected chi connectivity index (χ3v) is 2.03. The first-order valence-corrected chi connectivity index (χ1v) is 4.37. The summed E-state index contributed by atoms with van der Waals surface area (Å²) in [5, 5.41) is 5.65. The zero-order valence-electron chi connectivity index (χ0n) is 7.02. The predicted molar refractivity (Wildman–Crippen MR) is 48.7 cm³/mol. The van der Waals surface area contributed by atoms with Crippen molar-refractivity contribution in [3.63, 3.8) is 0 Å². The van der Waals surface area contributed by atoms with Crippen LogP contribution in [0, 0.1) is 0 Å². The standard InChI is InChI=1S/C8H16N2O.2H2/c1-2-9-8(11)10-7-5-3-4-6-7;;/h7H,2-6H2,1H3,(H2,9,10,11);2*1H. The lowest BCUT2D eigenvalue weighted by Crippen LogP contribution is -2.40. The molecule has 0 heterocycles. The van der Waals surface area contributed by atoms with Crippen LogP contribution < -0.4 is 10.6 Å². The van der Waals surface area contributed by atoms with Crippen LogP contribution in [0.25, 0.3) is 0 Å². The number of hydrogen-bond donors (Lipinski definition) is 2. The highest BCUT2D eigenvalue weighted by Gasteiger charge is 2.15. The van der Waals surface area contributed by atoms with Gasteiger partial charge in [-0.3, -0.25) is 0 Å². The molecule has 68 valence electrons. The fourth-order valence-electron chi connectivity index (χ4n) is 1.47. The molecular weight excluding hydrogens is 140 g/mol. The van der Waals surface area contributed by atoms with Crippen LogP contribution >= 0.6 is 0 Å². The monoisotopic (exact) mass is 160 g/mol. The maximum Gasteiger partial charge on any atom is 0.314 e. The predicted octanol–water partition coefficient (Wildman–Crippen LogP) is 1.74. The van der Waals surface area contributed by atoms with Gasteiger partial charge in [-0.25, -0.2) is 4.79 Å². The Balaban J connectivity index is 0. The van der Waals surface area contributed by atoms with E-state index in [1.54, 1.807) is 0 Å². The summed E-state index contributed by atoms with van der Waals surface area (Å²) in [6.07, 6.45) is 4.82. The zero-order chi connectivity index (χ0) is 8.10. The maximum atomic E-state index is 11.0. The van der Waals surface area contributed by atoms with Gasteiger partial charge in [-0.15, -0.1) is 0 Å². The molecule has 1 aliphatic carbocycles. The summed E-state index contributed by atoms with van der Waals surface area (Å²) in [6.45, 7) is 2.63. The molecule has 2 amide bonds. The van der Waals surface area contributed by atoms with Gasteiger partial charge >= 0.3 is 6.03 Å². The van der Waals surface area contributed by atoms with Crippen molar-refractivity contribution in [1.82, 2.24) is 10.6 Å². The maximum absolute atomic E-state index is 11.0. The van der Waals surface area contributed by atoms with Crippen LogP contribution in [0.2, 0.25) is 0 Å². The molecule has 3 nitrogen and oxygen atoms in total. The lowest BCUT2D eigenvalue weighted by molar-refractivity contribution is 0.237. The van der Waals surface area contributed by atoms with Crippen molar-refractivity contribution in [3.8, 4) is 0 Å². The van der Waals surface area contributed by atoms with Crippen molar-refractivity contribution in [2.75, 3.05) is 6.54 Å². The third kappa shape index (κ3) is 2.78. The van der Waals surface area contributed by atoms with Crippen molar-refractivity contribution in [2.45, 2.75) is 38.6 Å². The molecule has 1 aliphatic rings. The molecule has 0 aliphatic heterocycles. The van der Waals surface area contributed by atoms with Crippen LogP contribution in [0.3, 0.4) is 0 Å². The fraction of sp³-hybridized carbons (Fsp3) is 0.875. The van der Waals surface area contributed by atoms with E-state index >= 15 is 0 Å². The van der Waals surface area contributed by atoms with Crippen LogP contribution in [0.5, 0.6) is 0 Å². The van der Waals surface area contributed by atoms with Crippen LogP contribution in [0.15, 0.2) is 0 Å². The second-order valence-corrected chi connectivity index (χ2v) is 2.99. The fourth-order valence-corrected chi connectivity index (χ4v) is 1.47. The first kappa shape index (κ1) is 8.37. The van der Waals surface area contributed by atoms with Gasteiger partial charge in [-0.1, -0.05) is 12.8 Å². The van der Waals surface area contributed by atoms with E-state index in [9.17, 15) is 4.79 Å². The highest BCUT2D eigenvalue weighted by molar-refractivity contribution is 5.74. The molecule has 1 fully saturated rings. The zero-order valence-corrected chi connectivity index (χ0v) is 7.02. The van der Waals surface area contributed by atoms with Gasteiger partial charge in [0.15, 0.2) is 0 Å². The molecule has 0 atom stereocenters. The van der Waals surface area contributed by atoms with Crippen molar-refractivity contribution >= 4 is 6.03 Å². The molecule has 2 N–H and O–H groups in total. The van der Waals surface area contributed by atoms with Crippen molar-refractivity contribution in [1.29, 1.82) is 0 Å². The van der Waals surface area contributed by atoms with E-state index in [1.807, 2.05) is 6.92 Å². The molecule has 1 rings (SSSR count). The normalized spacial score (nSPS) is 18.3. The Hall–Kier alpha value is -0.730. The molecular formula is C8H20N2O. The van der Waals surface area contributed by atoms with E-state index in [-0.39, 0.29) is 8.88 Å². The van der Waals surface area contributed by atoms with Gasteiger partial charge < -0.3 is 10.6 Å². The average Bonchev–Trinajstić information content (AvgIpc) is 2.40. The van der Waals surface area contributed by atoms with Crippen LogP contribution in [0.1, 0.15) is 35.5 Å². The van der Waals surface area contributed by atoms with Crippen LogP contribution in [0.4, 0.5) is 4.79 Å². The lowest BCUT2D eigenvalue weighted by atomic mass is 10.3. The summed E-state index contributed by atoms with van der Waals surface area (Å²) in [7, 11) is 0. The number of carbonyl (C=O) groups is 1. The Bertz CT molecular complexity index is 138. The number of hydrogen-bond acceptors (Lipinski definition) is 1. The molecule has 0 saturated heterocycles. The lowest BCUT2D eigenvalue weighted by Gasteiger charge is -2.11. The molecule has 0 spiro atoms. The first-order chi connectivity index (χ1) is 5.33.